The van der Waals surface area contributed by atoms with Gasteiger partial charge in [-0.2, -0.15) is 5.10 Å². The van der Waals surface area contributed by atoms with Gasteiger partial charge in [-0.25, -0.2) is 9.37 Å². The molecule has 8 nitrogen and oxygen atoms in total. The van der Waals surface area contributed by atoms with Crippen LogP contribution in [0.5, 0.6) is 0 Å². The van der Waals surface area contributed by atoms with Gasteiger partial charge >= 0.3 is 0 Å². The summed E-state index contributed by atoms with van der Waals surface area (Å²) in [6.45, 7) is 4.36. The lowest BCUT2D eigenvalue weighted by molar-refractivity contribution is 0.121. The third-order valence-corrected chi connectivity index (χ3v) is 5.83. The van der Waals surface area contributed by atoms with Crippen LogP contribution in [-0.4, -0.2) is 49.3 Å². The van der Waals surface area contributed by atoms with Crippen LogP contribution >= 0.6 is 0 Å². The summed E-state index contributed by atoms with van der Waals surface area (Å²) >= 11 is 0. The van der Waals surface area contributed by atoms with Crippen molar-refractivity contribution in [3.05, 3.63) is 75.7 Å². The van der Waals surface area contributed by atoms with E-state index in [9.17, 15) is 9.18 Å². The Kier molecular flexibility index (Phi) is 6.06. The normalized spacial score (nSPS) is 14.9. The number of nitrogens with zero attached hydrogens (tertiary/aromatic N) is 3. The fraction of sp³-hybridized carbons (Fsp3) is 0.292. The average Bonchev–Trinajstić information content (AvgIpc) is 3.32. The second-order valence-electron chi connectivity index (χ2n) is 8.36. The lowest BCUT2D eigenvalue weighted by atomic mass is 9.95. The zero-order valence-corrected chi connectivity index (χ0v) is 18.7. The second-order valence-corrected chi connectivity index (χ2v) is 8.36. The molecule has 0 aliphatic carbocycles. The molecule has 2 N–H and O–H groups in total. The molecule has 2 aromatic carbocycles. The topological polar surface area (TPSA) is 96.3 Å². The largest absolute Gasteiger partial charge is 0.440 e. The SMILES string of the molecule is [B]c1cc(F)cc(NC(C)c2cc(Cc3ncn[nH]3)cc3c(=O)cc(N4CCOCC4)oc23)c1. The molecule has 3 heterocycles. The van der Waals surface area contributed by atoms with Crippen molar-refractivity contribution in [2.24, 2.45) is 0 Å². The first-order valence-corrected chi connectivity index (χ1v) is 11.1. The summed E-state index contributed by atoms with van der Waals surface area (Å²) in [7, 11) is 5.81. The molecule has 1 aliphatic rings. The van der Waals surface area contributed by atoms with Crippen LogP contribution < -0.4 is 21.1 Å². The minimum atomic E-state index is -0.431. The molecule has 1 unspecified atom stereocenters. The number of fused-ring (bicyclic) bond motifs is 1. The van der Waals surface area contributed by atoms with E-state index in [-0.39, 0.29) is 11.5 Å². The molecule has 1 atom stereocenters. The predicted molar refractivity (Wildman–Crippen MR) is 129 cm³/mol. The van der Waals surface area contributed by atoms with E-state index in [2.05, 4.69) is 20.5 Å². The standard InChI is InChI=1S/C24H23BFN5O3/c1-14(29-18-10-16(25)9-17(26)11-18)19-6-15(8-22-27-13-28-30-22)7-20-21(32)12-23(34-24(19)20)31-2-4-33-5-3-31/h6-7,9-14,29H,2-5,8H2,1H3,(H,27,28,30). The van der Waals surface area contributed by atoms with E-state index in [0.29, 0.717) is 66.6 Å². The minimum Gasteiger partial charge on any atom is -0.440 e. The summed E-state index contributed by atoms with van der Waals surface area (Å²) in [5, 5.41) is 10.5. The number of morpholine rings is 1. The first-order chi connectivity index (χ1) is 16.5. The molecule has 4 aromatic rings. The first-order valence-electron chi connectivity index (χ1n) is 11.1. The van der Waals surface area contributed by atoms with Gasteiger partial charge in [0, 0.05) is 36.8 Å². The van der Waals surface area contributed by atoms with Gasteiger partial charge in [-0.15, -0.1) is 0 Å². The molecule has 1 aliphatic heterocycles. The number of aromatic nitrogens is 3. The third-order valence-electron chi connectivity index (χ3n) is 5.83. The molecule has 1 saturated heterocycles. The Morgan fingerprint density at radius 2 is 2.03 bits per heavy atom. The molecular formula is C24H23BFN5O3. The number of anilines is 2. The van der Waals surface area contributed by atoms with Gasteiger partial charge in [-0.3, -0.25) is 9.89 Å². The van der Waals surface area contributed by atoms with Crippen molar-refractivity contribution in [2.45, 2.75) is 19.4 Å². The Labute approximate surface area is 196 Å². The molecule has 2 radical (unpaired) electrons. The van der Waals surface area contributed by atoms with Crippen molar-refractivity contribution in [1.82, 2.24) is 15.2 Å². The number of nitrogens with one attached hydrogen (secondary N) is 2. The van der Waals surface area contributed by atoms with Crippen molar-refractivity contribution >= 4 is 35.8 Å². The molecule has 172 valence electrons. The number of ether oxygens (including phenoxy) is 1. The molecule has 0 amide bonds. The molecule has 0 spiro atoms. The van der Waals surface area contributed by atoms with Crippen molar-refractivity contribution in [2.75, 3.05) is 36.5 Å². The Morgan fingerprint density at radius 1 is 1.21 bits per heavy atom. The predicted octanol–water partition coefficient (Wildman–Crippen LogP) is 2.44. The maximum Gasteiger partial charge on any atom is 0.200 e. The van der Waals surface area contributed by atoms with Gasteiger partial charge in [0.05, 0.1) is 24.6 Å². The first kappa shape index (κ1) is 22.2. The second kappa shape index (κ2) is 9.30. The van der Waals surface area contributed by atoms with E-state index in [1.54, 1.807) is 6.07 Å². The van der Waals surface area contributed by atoms with E-state index in [0.717, 1.165) is 11.1 Å². The highest BCUT2D eigenvalue weighted by molar-refractivity contribution is 6.32. The van der Waals surface area contributed by atoms with Crippen LogP contribution in [0.1, 0.15) is 29.9 Å². The molecule has 1 fully saturated rings. The van der Waals surface area contributed by atoms with Gasteiger partial charge < -0.3 is 19.4 Å². The van der Waals surface area contributed by atoms with Crippen LogP contribution in [0.25, 0.3) is 11.0 Å². The van der Waals surface area contributed by atoms with Gasteiger partial charge in [0.1, 0.15) is 31.4 Å². The van der Waals surface area contributed by atoms with Gasteiger partial charge in [0.25, 0.3) is 0 Å². The number of benzene rings is 2. The summed E-state index contributed by atoms with van der Waals surface area (Å²) in [6, 6.07) is 9.30. The van der Waals surface area contributed by atoms with Crippen molar-refractivity contribution < 1.29 is 13.5 Å². The van der Waals surface area contributed by atoms with Crippen LogP contribution in [0.2, 0.25) is 0 Å². The summed E-state index contributed by atoms with van der Waals surface area (Å²) in [6.07, 6.45) is 1.91. The smallest absolute Gasteiger partial charge is 0.200 e. The fourth-order valence-electron chi connectivity index (χ4n) is 4.23. The monoisotopic (exact) mass is 459 g/mol. The number of hydrogen-bond acceptors (Lipinski definition) is 7. The van der Waals surface area contributed by atoms with E-state index in [1.165, 1.54) is 24.5 Å². The zero-order valence-electron chi connectivity index (χ0n) is 18.7. The zero-order chi connectivity index (χ0) is 23.7. The van der Waals surface area contributed by atoms with E-state index in [1.807, 2.05) is 24.0 Å². The Morgan fingerprint density at radius 3 is 2.76 bits per heavy atom. The van der Waals surface area contributed by atoms with Crippen LogP contribution in [0.4, 0.5) is 16.0 Å². The Balaban J connectivity index is 1.60. The highest BCUT2D eigenvalue weighted by Crippen LogP contribution is 2.31. The number of aromatic amines is 1. The fourth-order valence-corrected chi connectivity index (χ4v) is 4.23. The quantitative estimate of drug-likeness (QED) is 0.428. The molecule has 5 rings (SSSR count). The molecular weight excluding hydrogens is 436 g/mol. The van der Waals surface area contributed by atoms with Crippen molar-refractivity contribution in [1.29, 1.82) is 0 Å². The highest BCUT2D eigenvalue weighted by Gasteiger charge is 2.20. The highest BCUT2D eigenvalue weighted by atomic mass is 19.1. The van der Waals surface area contributed by atoms with Gasteiger partial charge in [0.2, 0.25) is 0 Å². The summed E-state index contributed by atoms with van der Waals surface area (Å²) < 4.78 is 25.6. The van der Waals surface area contributed by atoms with Crippen LogP contribution in [0, 0.1) is 5.82 Å². The molecule has 10 heteroatoms. The number of rotatable bonds is 6. The van der Waals surface area contributed by atoms with Crippen LogP contribution in [0.15, 0.2) is 51.9 Å². The molecule has 0 saturated carbocycles. The molecule has 0 bridgehead atoms. The van der Waals surface area contributed by atoms with Crippen molar-refractivity contribution in [3.63, 3.8) is 0 Å². The van der Waals surface area contributed by atoms with E-state index < -0.39 is 5.82 Å². The summed E-state index contributed by atoms with van der Waals surface area (Å²) in [5.41, 5.74) is 2.84. The number of H-pyrrole nitrogens is 1. The van der Waals surface area contributed by atoms with Crippen molar-refractivity contribution in [3.8, 4) is 0 Å². The van der Waals surface area contributed by atoms with Gasteiger partial charge in [-0.1, -0.05) is 5.46 Å². The lowest BCUT2D eigenvalue weighted by Crippen LogP contribution is -2.36. The molecule has 2 aromatic heterocycles. The number of hydrogen-bond donors (Lipinski definition) is 2. The van der Waals surface area contributed by atoms with Crippen LogP contribution in [-0.2, 0) is 11.2 Å². The van der Waals surface area contributed by atoms with Crippen LogP contribution in [0.3, 0.4) is 0 Å². The summed E-state index contributed by atoms with van der Waals surface area (Å²) in [5.74, 6) is 0.755. The van der Waals surface area contributed by atoms with E-state index in [4.69, 9.17) is 17.0 Å². The van der Waals surface area contributed by atoms with Gasteiger partial charge in [0.15, 0.2) is 11.3 Å². The Bertz CT molecular complexity index is 1350. The molecule has 34 heavy (non-hydrogen) atoms. The maximum absolute atomic E-state index is 13.9. The third kappa shape index (κ3) is 4.67. The summed E-state index contributed by atoms with van der Waals surface area (Å²) in [4.78, 5) is 19.4. The number of halogens is 1. The maximum atomic E-state index is 13.9. The Hall–Kier alpha value is -3.66. The lowest BCUT2D eigenvalue weighted by Gasteiger charge is -2.27. The van der Waals surface area contributed by atoms with Gasteiger partial charge in [-0.05, 0) is 42.8 Å². The van der Waals surface area contributed by atoms with E-state index >= 15 is 0 Å². The minimum absolute atomic E-state index is 0.134. The average molecular weight is 459 g/mol.